The Bertz CT molecular complexity index is 526. The highest BCUT2D eigenvalue weighted by molar-refractivity contribution is 6.30. The Hall–Kier alpha value is -1.88. The summed E-state index contributed by atoms with van der Waals surface area (Å²) in [6.45, 7) is -0.672. The van der Waals surface area contributed by atoms with Crippen LogP contribution >= 0.6 is 11.6 Å². The number of amides is 2. The number of hydrogen-bond acceptors (Lipinski definition) is 4. The summed E-state index contributed by atoms with van der Waals surface area (Å²) >= 11 is 5.76. The Morgan fingerprint density at radius 2 is 1.95 bits per heavy atom. The van der Waals surface area contributed by atoms with E-state index in [4.69, 9.17) is 11.6 Å². The van der Waals surface area contributed by atoms with Gasteiger partial charge in [-0.05, 0) is 24.1 Å². The second-order valence-corrected chi connectivity index (χ2v) is 4.86. The number of benzene rings is 1. The minimum atomic E-state index is -1.44. The Morgan fingerprint density at radius 1 is 1.32 bits per heavy atom. The van der Waals surface area contributed by atoms with Crippen molar-refractivity contribution in [1.82, 2.24) is 4.90 Å². The van der Waals surface area contributed by atoms with Gasteiger partial charge >= 0.3 is 0 Å². The maximum absolute atomic E-state index is 11.9. The summed E-state index contributed by atoms with van der Waals surface area (Å²) in [5.74, 6) is -2.86. The lowest BCUT2D eigenvalue weighted by Gasteiger charge is -2.15. The lowest BCUT2D eigenvalue weighted by Crippen LogP contribution is -2.41. The summed E-state index contributed by atoms with van der Waals surface area (Å²) in [6.07, 6.45) is 0.431. The predicted octanol–water partition coefficient (Wildman–Crippen LogP) is 0.00750. The van der Waals surface area contributed by atoms with Gasteiger partial charge in [-0.1, -0.05) is 23.7 Å². The average Bonchev–Trinajstić information content (AvgIpc) is 2.60. The fourth-order valence-corrected chi connectivity index (χ4v) is 2.24. The molecule has 5 nitrogen and oxygen atoms in total. The van der Waals surface area contributed by atoms with Crippen molar-refractivity contribution in [1.29, 1.82) is 0 Å². The Labute approximate surface area is 114 Å². The molecule has 0 aliphatic carbocycles. The fourth-order valence-electron chi connectivity index (χ4n) is 2.11. The Morgan fingerprint density at radius 3 is 2.53 bits per heavy atom. The van der Waals surface area contributed by atoms with Crippen molar-refractivity contribution in [2.45, 2.75) is 12.8 Å². The molecule has 0 bridgehead atoms. The maximum atomic E-state index is 11.9. The van der Waals surface area contributed by atoms with Crippen molar-refractivity contribution < 1.29 is 19.5 Å². The molecule has 0 radical (unpaired) electrons. The SMILES string of the molecule is O=C([O-])CN1C(=O)C[C@@H](Cc2ccc(Cl)cc2)C1=O. The first-order chi connectivity index (χ1) is 8.97. The number of carboxylic acids is 1. The molecule has 1 aliphatic heterocycles. The van der Waals surface area contributed by atoms with Crippen LogP contribution in [0.2, 0.25) is 5.02 Å². The molecule has 6 heteroatoms. The van der Waals surface area contributed by atoms with Crippen LogP contribution < -0.4 is 5.11 Å². The topological polar surface area (TPSA) is 77.5 Å². The number of halogens is 1. The zero-order valence-corrected chi connectivity index (χ0v) is 10.7. The zero-order valence-electron chi connectivity index (χ0n) is 9.97. The van der Waals surface area contributed by atoms with Crippen molar-refractivity contribution in [3.05, 3.63) is 34.9 Å². The molecule has 1 fully saturated rings. The smallest absolute Gasteiger partial charge is 0.233 e. The van der Waals surface area contributed by atoms with Gasteiger partial charge in [0, 0.05) is 11.4 Å². The van der Waals surface area contributed by atoms with E-state index in [2.05, 4.69) is 0 Å². The largest absolute Gasteiger partial charge is 0.548 e. The highest BCUT2D eigenvalue weighted by Crippen LogP contribution is 2.23. The van der Waals surface area contributed by atoms with E-state index in [-0.39, 0.29) is 6.42 Å². The van der Waals surface area contributed by atoms with Crippen LogP contribution in [0.4, 0.5) is 0 Å². The van der Waals surface area contributed by atoms with E-state index < -0.39 is 30.2 Å². The molecule has 2 amide bonds. The summed E-state index contributed by atoms with van der Waals surface area (Å²) in [5, 5.41) is 11.1. The minimum Gasteiger partial charge on any atom is -0.548 e. The second kappa shape index (κ2) is 5.40. The van der Waals surface area contributed by atoms with Crippen LogP contribution in [0.3, 0.4) is 0 Å². The number of carbonyl (C=O) groups is 3. The van der Waals surface area contributed by atoms with Crippen LogP contribution in [0.15, 0.2) is 24.3 Å². The molecule has 0 aromatic heterocycles. The van der Waals surface area contributed by atoms with Gasteiger partial charge in [-0.25, -0.2) is 0 Å². The third-order valence-electron chi connectivity index (χ3n) is 3.02. The normalized spacial score (nSPS) is 19.0. The third-order valence-corrected chi connectivity index (χ3v) is 3.27. The number of likely N-dealkylation sites (tertiary alicyclic amines) is 1. The molecule has 0 spiro atoms. The van der Waals surface area contributed by atoms with Crippen molar-refractivity contribution in [2.24, 2.45) is 5.92 Å². The van der Waals surface area contributed by atoms with Gasteiger partial charge in [-0.3, -0.25) is 14.5 Å². The zero-order chi connectivity index (χ0) is 14.0. The highest BCUT2D eigenvalue weighted by atomic mass is 35.5. The molecule has 100 valence electrons. The number of aliphatic carboxylic acids is 1. The molecule has 1 heterocycles. The second-order valence-electron chi connectivity index (χ2n) is 4.42. The first kappa shape index (κ1) is 13.5. The summed E-state index contributed by atoms with van der Waals surface area (Å²) in [7, 11) is 0. The number of nitrogens with zero attached hydrogens (tertiary/aromatic N) is 1. The van der Waals surface area contributed by atoms with Crippen LogP contribution in [0.25, 0.3) is 0 Å². The monoisotopic (exact) mass is 280 g/mol. The van der Waals surface area contributed by atoms with E-state index in [0.717, 1.165) is 10.5 Å². The summed E-state index contributed by atoms with van der Waals surface area (Å²) in [6, 6.07) is 6.97. The van der Waals surface area contributed by atoms with Crippen LogP contribution in [0.5, 0.6) is 0 Å². The van der Waals surface area contributed by atoms with Crippen molar-refractivity contribution in [3.63, 3.8) is 0 Å². The molecule has 0 saturated carbocycles. The molecular formula is C13H11ClNO4-. The van der Waals surface area contributed by atoms with Crippen LogP contribution in [0, 0.1) is 5.92 Å². The molecule has 1 saturated heterocycles. The quantitative estimate of drug-likeness (QED) is 0.728. The average molecular weight is 281 g/mol. The molecule has 1 aromatic rings. The fraction of sp³-hybridized carbons (Fsp3) is 0.308. The number of carboxylic acid groups (broad SMARTS) is 1. The molecule has 19 heavy (non-hydrogen) atoms. The van der Waals surface area contributed by atoms with E-state index in [1.54, 1.807) is 24.3 Å². The van der Waals surface area contributed by atoms with Gasteiger partial charge in [-0.15, -0.1) is 0 Å². The maximum Gasteiger partial charge on any atom is 0.233 e. The molecule has 2 rings (SSSR count). The van der Waals surface area contributed by atoms with E-state index in [0.29, 0.717) is 11.4 Å². The van der Waals surface area contributed by atoms with Crippen molar-refractivity contribution in [2.75, 3.05) is 6.54 Å². The van der Waals surface area contributed by atoms with Gasteiger partial charge in [-0.2, -0.15) is 0 Å². The number of imide groups is 1. The highest BCUT2D eigenvalue weighted by Gasteiger charge is 2.38. The summed E-state index contributed by atoms with van der Waals surface area (Å²) < 4.78 is 0. The molecular weight excluding hydrogens is 270 g/mol. The van der Waals surface area contributed by atoms with Crippen LogP contribution in [-0.2, 0) is 20.8 Å². The lowest BCUT2D eigenvalue weighted by atomic mass is 9.98. The van der Waals surface area contributed by atoms with E-state index >= 15 is 0 Å². The molecule has 0 unspecified atom stereocenters. The first-order valence-corrected chi connectivity index (χ1v) is 6.13. The van der Waals surface area contributed by atoms with Crippen LogP contribution in [0.1, 0.15) is 12.0 Å². The number of hydrogen-bond donors (Lipinski definition) is 0. The lowest BCUT2D eigenvalue weighted by molar-refractivity contribution is -0.305. The molecule has 1 atom stereocenters. The van der Waals surface area contributed by atoms with Gasteiger partial charge in [0.1, 0.15) is 0 Å². The molecule has 0 N–H and O–H groups in total. The van der Waals surface area contributed by atoms with Gasteiger partial charge in [0.25, 0.3) is 0 Å². The Kier molecular flexibility index (Phi) is 3.85. The van der Waals surface area contributed by atoms with E-state index in [1.165, 1.54) is 0 Å². The van der Waals surface area contributed by atoms with Gasteiger partial charge < -0.3 is 9.90 Å². The van der Waals surface area contributed by atoms with E-state index in [9.17, 15) is 19.5 Å². The van der Waals surface area contributed by atoms with Crippen molar-refractivity contribution >= 4 is 29.4 Å². The molecule has 1 aromatic carbocycles. The summed E-state index contributed by atoms with van der Waals surface area (Å²) in [5.41, 5.74) is 0.880. The predicted molar refractivity (Wildman–Crippen MR) is 65.0 cm³/mol. The standard InChI is InChI=1S/C13H12ClNO4/c14-10-3-1-8(2-4-10)5-9-6-11(16)15(13(9)19)7-12(17)18/h1-4,9H,5-7H2,(H,17,18)/p-1/t9-/m1/s1. The number of carbonyl (C=O) groups excluding carboxylic acids is 3. The molecule has 1 aliphatic rings. The van der Waals surface area contributed by atoms with Crippen molar-refractivity contribution in [3.8, 4) is 0 Å². The van der Waals surface area contributed by atoms with Gasteiger partial charge in [0.15, 0.2) is 0 Å². The van der Waals surface area contributed by atoms with E-state index in [1.807, 2.05) is 0 Å². The third kappa shape index (κ3) is 3.12. The first-order valence-electron chi connectivity index (χ1n) is 5.76. The minimum absolute atomic E-state index is 0.0364. The summed E-state index contributed by atoms with van der Waals surface area (Å²) in [4.78, 5) is 34.7. The van der Waals surface area contributed by atoms with Crippen LogP contribution in [-0.4, -0.2) is 29.2 Å². The Balaban J connectivity index is 2.06. The van der Waals surface area contributed by atoms with Gasteiger partial charge in [0.2, 0.25) is 11.8 Å². The van der Waals surface area contributed by atoms with Gasteiger partial charge in [0.05, 0.1) is 18.4 Å². The number of rotatable bonds is 4.